The lowest BCUT2D eigenvalue weighted by Gasteiger charge is -2.25. The maximum Gasteiger partial charge on any atom is 0.234 e. The van der Waals surface area contributed by atoms with Gasteiger partial charge in [0.15, 0.2) is 0 Å². The summed E-state index contributed by atoms with van der Waals surface area (Å²) in [6, 6.07) is 0. The van der Waals surface area contributed by atoms with Gasteiger partial charge in [0.1, 0.15) is 0 Å². The second kappa shape index (κ2) is 9.70. The van der Waals surface area contributed by atoms with E-state index in [1.54, 1.807) is 7.11 Å². The lowest BCUT2D eigenvalue weighted by atomic mass is 10.4. The molecule has 0 saturated carbocycles. The van der Waals surface area contributed by atoms with E-state index in [1.165, 1.54) is 24.6 Å². The van der Waals surface area contributed by atoms with Crippen LogP contribution < -0.4 is 10.6 Å². The third kappa shape index (κ3) is 7.59. The van der Waals surface area contributed by atoms with Crippen LogP contribution in [-0.4, -0.2) is 75.3 Å². The molecule has 1 saturated heterocycles. The van der Waals surface area contributed by atoms with E-state index < -0.39 is 0 Å². The summed E-state index contributed by atoms with van der Waals surface area (Å²) >= 11 is 2.02. The van der Waals surface area contributed by atoms with Gasteiger partial charge in [0.25, 0.3) is 0 Å². The van der Waals surface area contributed by atoms with Crippen LogP contribution in [0.5, 0.6) is 0 Å². The molecule has 0 aromatic carbocycles. The molecule has 1 aliphatic rings. The van der Waals surface area contributed by atoms with E-state index in [0.29, 0.717) is 19.7 Å². The summed E-state index contributed by atoms with van der Waals surface area (Å²) in [5.74, 6) is 2.51. The fraction of sp³-hybridized carbons (Fsp3) is 0.909. The van der Waals surface area contributed by atoms with Crippen LogP contribution in [-0.2, 0) is 9.53 Å². The highest BCUT2D eigenvalue weighted by Crippen LogP contribution is 2.07. The van der Waals surface area contributed by atoms with Crippen LogP contribution in [0.3, 0.4) is 0 Å². The van der Waals surface area contributed by atoms with Crippen LogP contribution in [0.1, 0.15) is 0 Å². The van der Waals surface area contributed by atoms with Crippen molar-refractivity contribution in [2.24, 2.45) is 0 Å². The summed E-state index contributed by atoms with van der Waals surface area (Å²) in [7, 11) is 1.63. The van der Waals surface area contributed by atoms with Crippen molar-refractivity contribution in [2.75, 3.05) is 64.5 Å². The number of methoxy groups -OCH3 is 1. The van der Waals surface area contributed by atoms with E-state index in [-0.39, 0.29) is 5.91 Å². The van der Waals surface area contributed by atoms with E-state index in [4.69, 9.17) is 4.74 Å². The maximum absolute atomic E-state index is 11.3. The Morgan fingerprint density at radius 3 is 2.82 bits per heavy atom. The van der Waals surface area contributed by atoms with Gasteiger partial charge in [0.2, 0.25) is 5.91 Å². The summed E-state index contributed by atoms with van der Waals surface area (Å²) in [5, 5.41) is 5.94. The van der Waals surface area contributed by atoms with Crippen molar-refractivity contribution in [3.05, 3.63) is 0 Å². The molecule has 5 nitrogen and oxygen atoms in total. The zero-order chi connectivity index (χ0) is 12.3. The number of nitrogens with zero attached hydrogens (tertiary/aromatic N) is 1. The molecule has 0 aromatic rings. The van der Waals surface area contributed by atoms with Gasteiger partial charge < -0.3 is 20.3 Å². The molecule has 0 aromatic heterocycles. The Bertz CT molecular complexity index is 211. The first-order valence-electron chi connectivity index (χ1n) is 6.09. The number of nitrogens with one attached hydrogen (secondary N) is 2. The highest BCUT2D eigenvalue weighted by Gasteiger charge is 2.09. The summed E-state index contributed by atoms with van der Waals surface area (Å²) in [6.07, 6.45) is 0. The number of ether oxygens (including phenoxy) is 1. The number of hydrogen-bond donors (Lipinski definition) is 2. The highest BCUT2D eigenvalue weighted by atomic mass is 32.2. The van der Waals surface area contributed by atoms with Gasteiger partial charge in [-0.25, -0.2) is 0 Å². The topological polar surface area (TPSA) is 53.6 Å². The van der Waals surface area contributed by atoms with E-state index in [9.17, 15) is 4.79 Å². The Labute approximate surface area is 108 Å². The molecule has 0 bridgehead atoms. The molecule has 6 heteroatoms. The number of thioether (sulfide) groups is 1. The highest BCUT2D eigenvalue weighted by molar-refractivity contribution is 7.99. The Kier molecular flexibility index (Phi) is 8.42. The average molecular weight is 261 g/mol. The largest absolute Gasteiger partial charge is 0.383 e. The molecule has 0 spiro atoms. The molecule has 0 aliphatic carbocycles. The van der Waals surface area contributed by atoms with Gasteiger partial charge in [-0.2, -0.15) is 11.8 Å². The quantitative estimate of drug-likeness (QED) is 0.571. The minimum atomic E-state index is 0.0382. The van der Waals surface area contributed by atoms with E-state index in [2.05, 4.69) is 15.5 Å². The van der Waals surface area contributed by atoms with Crippen LogP contribution in [0.25, 0.3) is 0 Å². The van der Waals surface area contributed by atoms with Crippen molar-refractivity contribution in [3.63, 3.8) is 0 Å². The smallest absolute Gasteiger partial charge is 0.234 e. The normalized spacial score (nSPS) is 17.0. The van der Waals surface area contributed by atoms with Crippen molar-refractivity contribution >= 4 is 17.7 Å². The molecule has 0 radical (unpaired) electrons. The summed E-state index contributed by atoms with van der Waals surface area (Å²) < 4.78 is 4.85. The Hall–Kier alpha value is -0.300. The van der Waals surface area contributed by atoms with Crippen molar-refractivity contribution in [2.45, 2.75) is 0 Å². The number of hydrogen-bond acceptors (Lipinski definition) is 5. The van der Waals surface area contributed by atoms with Crippen molar-refractivity contribution in [1.29, 1.82) is 0 Å². The average Bonchev–Trinajstić information content (AvgIpc) is 2.36. The number of rotatable bonds is 8. The summed E-state index contributed by atoms with van der Waals surface area (Å²) in [6.45, 7) is 5.80. The molecule has 1 heterocycles. The van der Waals surface area contributed by atoms with Crippen molar-refractivity contribution in [3.8, 4) is 0 Å². The van der Waals surface area contributed by atoms with Crippen LogP contribution in [0.2, 0.25) is 0 Å². The minimum absolute atomic E-state index is 0.0382. The molecule has 2 N–H and O–H groups in total. The first kappa shape index (κ1) is 14.8. The SMILES string of the molecule is COCCNC(=O)CNCCN1CCSCC1. The Balaban J connectivity index is 1.90. The zero-order valence-corrected chi connectivity index (χ0v) is 11.4. The molecule has 1 amide bonds. The maximum atomic E-state index is 11.3. The van der Waals surface area contributed by atoms with Gasteiger partial charge in [-0.3, -0.25) is 4.79 Å². The molecule has 1 rings (SSSR count). The number of carbonyl (C=O) groups is 1. The lowest BCUT2D eigenvalue weighted by Crippen LogP contribution is -2.41. The first-order valence-corrected chi connectivity index (χ1v) is 7.25. The first-order chi connectivity index (χ1) is 8.33. The zero-order valence-electron chi connectivity index (χ0n) is 10.5. The van der Waals surface area contributed by atoms with Crippen LogP contribution >= 0.6 is 11.8 Å². The molecule has 1 aliphatic heterocycles. The molecule has 0 unspecified atom stereocenters. The van der Waals surface area contributed by atoms with E-state index in [0.717, 1.165) is 13.1 Å². The molecule has 17 heavy (non-hydrogen) atoms. The third-order valence-electron chi connectivity index (χ3n) is 2.62. The van der Waals surface area contributed by atoms with E-state index >= 15 is 0 Å². The van der Waals surface area contributed by atoms with Crippen molar-refractivity contribution < 1.29 is 9.53 Å². The minimum Gasteiger partial charge on any atom is -0.383 e. The Morgan fingerprint density at radius 1 is 1.35 bits per heavy atom. The van der Waals surface area contributed by atoms with Crippen LogP contribution in [0.15, 0.2) is 0 Å². The predicted octanol–water partition coefficient (Wildman–Crippen LogP) is -0.613. The molecular formula is C11H23N3O2S. The van der Waals surface area contributed by atoms with Crippen LogP contribution in [0, 0.1) is 0 Å². The fourth-order valence-corrected chi connectivity index (χ4v) is 2.60. The Morgan fingerprint density at radius 2 is 2.12 bits per heavy atom. The van der Waals surface area contributed by atoms with Gasteiger partial charge in [-0.15, -0.1) is 0 Å². The second-order valence-corrected chi connectivity index (χ2v) is 5.20. The summed E-state index contributed by atoms with van der Waals surface area (Å²) in [5.41, 5.74) is 0. The van der Waals surface area contributed by atoms with Gasteiger partial charge >= 0.3 is 0 Å². The lowest BCUT2D eigenvalue weighted by molar-refractivity contribution is -0.120. The molecule has 0 atom stereocenters. The predicted molar refractivity (Wildman–Crippen MR) is 71.5 cm³/mol. The second-order valence-electron chi connectivity index (χ2n) is 3.97. The summed E-state index contributed by atoms with van der Waals surface area (Å²) in [4.78, 5) is 13.8. The fourth-order valence-electron chi connectivity index (χ4n) is 1.62. The van der Waals surface area contributed by atoms with Crippen LogP contribution in [0.4, 0.5) is 0 Å². The van der Waals surface area contributed by atoms with Gasteiger partial charge in [-0.1, -0.05) is 0 Å². The van der Waals surface area contributed by atoms with Gasteiger partial charge in [0.05, 0.1) is 13.2 Å². The molecular weight excluding hydrogens is 238 g/mol. The molecule has 100 valence electrons. The van der Waals surface area contributed by atoms with Gasteiger partial charge in [-0.05, 0) is 0 Å². The monoisotopic (exact) mass is 261 g/mol. The van der Waals surface area contributed by atoms with Gasteiger partial charge in [0, 0.05) is 51.3 Å². The number of carbonyl (C=O) groups excluding carboxylic acids is 1. The van der Waals surface area contributed by atoms with Crippen molar-refractivity contribution in [1.82, 2.24) is 15.5 Å². The standard InChI is InChI=1S/C11H23N3O2S/c1-16-7-3-13-11(15)10-12-2-4-14-5-8-17-9-6-14/h12H,2-10H2,1H3,(H,13,15). The van der Waals surface area contributed by atoms with E-state index in [1.807, 2.05) is 11.8 Å². The number of amides is 1. The molecule has 1 fully saturated rings. The third-order valence-corrected chi connectivity index (χ3v) is 3.56.